The predicted octanol–water partition coefficient (Wildman–Crippen LogP) is 2.27. The molecule has 0 aliphatic carbocycles. The molecule has 1 amide bonds. The van der Waals surface area contributed by atoms with Crippen molar-refractivity contribution in [3.8, 4) is 0 Å². The Bertz CT molecular complexity index is 477. The molecule has 7 heteroatoms. The smallest absolute Gasteiger partial charge is 0.407 e. The second-order valence-electron chi connectivity index (χ2n) is 5.39. The Morgan fingerprint density at radius 3 is 2.80 bits per heavy atom. The lowest BCUT2D eigenvalue weighted by Crippen LogP contribution is -2.44. The number of carbonyl (C=O) groups is 1. The van der Waals surface area contributed by atoms with Gasteiger partial charge in [0, 0.05) is 24.3 Å². The zero-order valence-corrected chi connectivity index (χ0v) is 12.5. The third kappa shape index (κ3) is 5.71. The monoisotopic (exact) mass is 303 g/mol. The Hall–Kier alpha value is -1.40. The molecule has 112 valence electrons. The summed E-state index contributed by atoms with van der Waals surface area (Å²) in [6, 6.07) is 1.00. The number of ether oxygens (including phenoxy) is 1. The van der Waals surface area contributed by atoms with Gasteiger partial charge in [-0.2, -0.15) is 4.39 Å². The van der Waals surface area contributed by atoms with Crippen molar-refractivity contribution in [1.82, 2.24) is 10.3 Å². The quantitative estimate of drug-likeness (QED) is 0.837. The van der Waals surface area contributed by atoms with Crippen molar-refractivity contribution in [2.24, 2.45) is 5.73 Å². The van der Waals surface area contributed by atoms with Crippen LogP contribution in [-0.4, -0.2) is 29.3 Å². The first kappa shape index (κ1) is 16.7. The predicted molar refractivity (Wildman–Crippen MR) is 75.1 cm³/mol. The van der Waals surface area contributed by atoms with Gasteiger partial charge in [0.25, 0.3) is 0 Å². The molecule has 1 rings (SSSR count). The van der Waals surface area contributed by atoms with Crippen LogP contribution in [0.2, 0.25) is 5.02 Å². The van der Waals surface area contributed by atoms with E-state index in [0.29, 0.717) is 10.6 Å². The van der Waals surface area contributed by atoms with Gasteiger partial charge in [-0.3, -0.25) is 0 Å². The molecule has 1 heterocycles. The molecule has 1 unspecified atom stereocenters. The summed E-state index contributed by atoms with van der Waals surface area (Å²) in [6.07, 6.45) is 0.817. The van der Waals surface area contributed by atoms with Crippen molar-refractivity contribution in [3.05, 3.63) is 28.8 Å². The highest BCUT2D eigenvalue weighted by Crippen LogP contribution is 2.14. The van der Waals surface area contributed by atoms with Crippen LogP contribution in [0, 0.1) is 5.95 Å². The maximum atomic E-state index is 13.5. The summed E-state index contributed by atoms with van der Waals surface area (Å²) in [6.45, 7) is 5.41. The Labute approximate surface area is 122 Å². The van der Waals surface area contributed by atoms with Crippen molar-refractivity contribution in [1.29, 1.82) is 0 Å². The molecule has 1 aromatic rings. The molecule has 0 saturated carbocycles. The topological polar surface area (TPSA) is 77.2 Å². The Kier molecular flexibility index (Phi) is 5.71. The maximum absolute atomic E-state index is 13.5. The van der Waals surface area contributed by atoms with Crippen molar-refractivity contribution < 1.29 is 13.9 Å². The van der Waals surface area contributed by atoms with E-state index < -0.39 is 23.7 Å². The average molecular weight is 304 g/mol. The first-order chi connectivity index (χ1) is 9.21. The molecule has 0 aromatic carbocycles. The number of rotatable bonds is 4. The van der Waals surface area contributed by atoms with E-state index in [1.54, 1.807) is 20.8 Å². The van der Waals surface area contributed by atoms with Crippen molar-refractivity contribution in [2.75, 3.05) is 6.54 Å². The van der Waals surface area contributed by atoms with Gasteiger partial charge in [0.2, 0.25) is 5.95 Å². The lowest BCUT2D eigenvalue weighted by atomic mass is 10.1. The van der Waals surface area contributed by atoms with Crippen LogP contribution in [0.5, 0.6) is 0 Å². The fourth-order valence-corrected chi connectivity index (χ4v) is 1.72. The number of pyridine rings is 1. The molecular weight excluding hydrogens is 285 g/mol. The summed E-state index contributed by atoms with van der Waals surface area (Å²) < 4.78 is 18.6. The second kappa shape index (κ2) is 6.85. The Morgan fingerprint density at radius 1 is 1.60 bits per heavy atom. The summed E-state index contributed by atoms with van der Waals surface area (Å²) >= 11 is 5.76. The van der Waals surface area contributed by atoms with Crippen LogP contribution in [-0.2, 0) is 11.2 Å². The zero-order valence-electron chi connectivity index (χ0n) is 11.7. The van der Waals surface area contributed by atoms with Gasteiger partial charge in [0.05, 0.1) is 5.02 Å². The number of amides is 1. The van der Waals surface area contributed by atoms with Gasteiger partial charge in [-0.15, -0.1) is 0 Å². The largest absolute Gasteiger partial charge is 0.444 e. The van der Waals surface area contributed by atoms with Gasteiger partial charge in [0.1, 0.15) is 5.60 Å². The average Bonchev–Trinajstić information content (AvgIpc) is 2.30. The summed E-state index contributed by atoms with van der Waals surface area (Å²) in [5.41, 5.74) is 5.26. The summed E-state index contributed by atoms with van der Waals surface area (Å²) in [4.78, 5) is 15.2. The molecule has 0 spiro atoms. The summed E-state index contributed by atoms with van der Waals surface area (Å²) in [5.74, 6) is -0.626. The van der Waals surface area contributed by atoms with E-state index in [1.165, 1.54) is 12.3 Å². The van der Waals surface area contributed by atoms with Crippen molar-refractivity contribution in [3.63, 3.8) is 0 Å². The van der Waals surface area contributed by atoms with E-state index in [9.17, 15) is 9.18 Å². The van der Waals surface area contributed by atoms with Gasteiger partial charge in [-0.1, -0.05) is 11.6 Å². The number of alkyl carbamates (subject to hydrolysis) is 1. The molecular formula is C13H19ClFN3O2. The molecule has 0 fully saturated rings. The van der Waals surface area contributed by atoms with Crippen LogP contribution in [0.25, 0.3) is 0 Å². The number of halogens is 2. The van der Waals surface area contributed by atoms with Crippen molar-refractivity contribution >= 4 is 17.7 Å². The normalized spacial score (nSPS) is 12.9. The zero-order chi connectivity index (χ0) is 15.3. The molecule has 0 aliphatic rings. The minimum Gasteiger partial charge on any atom is -0.444 e. The minimum atomic E-state index is -0.626. The van der Waals surface area contributed by atoms with Gasteiger partial charge in [-0.25, -0.2) is 9.78 Å². The lowest BCUT2D eigenvalue weighted by Gasteiger charge is -2.23. The number of hydrogen-bond donors (Lipinski definition) is 2. The maximum Gasteiger partial charge on any atom is 0.407 e. The van der Waals surface area contributed by atoms with Crippen LogP contribution in [0.3, 0.4) is 0 Å². The number of nitrogens with one attached hydrogen (secondary N) is 1. The first-order valence-electron chi connectivity index (χ1n) is 6.21. The molecule has 0 saturated heterocycles. The molecule has 1 aromatic heterocycles. The fraction of sp³-hybridized carbons (Fsp3) is 0.538. The number of nitrogens with zero attached hydrogens (tertiary/aromatic N) is 1. The number of hydrogen-bond acceptors (Lipinski definition) is 4. The third-order valence-corrected chi connectivity index (χ3v) is 2.56. The van der Waals surface area contributed by atoms with Gasteiger partial charge < -0.3 is 15.8 Å². The van der Waals surface area contributed by atoms with Crippen LogP contribution >= 0.6 is 11.6 Å². The molecule has 0 aliphatic heterocycles. The fourth-order valence-electron chi connectivity index (χ4n) is 1.54. The Balaban J connectivity index is 2.68. The Morgan fingerprint density at radius 2 is 2.25 bits per heavy atom. The van der Waals surface area contributed by atoms with E-state index in [2.05, 4.69) is 10.3 Å². The van der Waals surface area contributed by atoms with Gasteiger partial charge in [0.15, 0.2) is 0 Å². The molecule has 0 radical (unpaired) electrons. The van der Waals surface area contributed by atoms with E-state index in [4.69, 9.17) is 22.1 Å². The first-order valence-corrected chi connectivity index (χ1v) is 6.58. The molecule has 3 N–H and O–H groups in total. The molecule has 20 heavy (non-hydrogen) atoms. The van der Waals surface area contributed by atoms with Crippen LogP contribution < -0.4 is 11.1 Å². The SMILES string of the molecule is CC(C)(C)OC(=O)NC(CN)Cc1cc(Cl)cnc1F. The minimum absolute atomic E-state index is 0.144. The number of nitrogens with two attached hydrogens (primary N) is 1. The van der Waals surface area contributed by atoms with E-state index >= 15 is 0 Å². The van der Waals surface area contributed by atoms with Gasteiger partial charge in [-0.05, 0) is 33.3 Å². The van der Waals surface area contributed by atoms with Crippen LogP contribution in [0.1, 0.15) is 26.3 Å². The lowest BCUT2D eigenvalue weighted by molar-refractivity contribution is 0.0505. The number of carbonyl (C=O) groups excluding carboxylic acids is 1. The summed E-state index contributed by atoms with van der Waals surface area (Å²) in [5, 5.41) is 2.92. The highest BCUT2D eigenvalue weighted by molar-refractivity contribution is 6.30. The third-order valence-electron chi connectivity index (χ3n) is 2.35. The van der Waals surface area contributed by atoms with E-state index in [0.717, 1.165) is 0 Å². The van der Waals surface area contributed by atoms with Crippen LogP contribution in [0.4, 0.5) is 9.18 Å². The van der Waals surface area contributed by atoms with Crippen LogP contribution in [0.15, 0.2) is 12.3 Å². The molecule has 1 atom stereocenters. The molecule has 0 bridgehead atoms. The number of aromatic nitrogens is 1. The highest BCUT2D eigenvalue weighted by Gasteiger charge is 2.20. The van der Waals surface area contributed by atoms with E-state index in [-0.39, 0.29) is 13.0 Å². The summed E-state index contributed by atoms with van der Waals surface area (Å²) in [7, 11) is 0. The second-order valence-corrected chi connectivity index (χ2v) is 5.82. The van der Waals surface area contributed by atoms with Gasteiger partial charge >= 0.3 is 6.09 Å². The van der Waals surface area contributed by atoms with Crippen molar-refractivity contribution in [2.45, 2.75) is 38.8 Å². The highest BCUT2D eigenvalue weighted by atomic mass is 35.5. The molecule has 5 nitrogen and oxygen atoms in total. The standard InChI is InChI=1S/C13H19ClFN3O2/c1-13(2,3)20-12(19)18-10(6-16)5-8-4-9(14)7-17-11(8)15/h4,7,10H,5-6,16H2,1-3H3,(H,18,19). The van der Waals surface area contributed by atoms with E-state index in [1.807, 2.05) is 0 Å².